The van der Waals surface area contributed by atoms with E-state index in [1.165, 1.54) is 0 Å². The number of aromatic nitrogens is 1. The highest BCUT2D eigenvalue weighted by molar-refractivity contribution is 6.34. The van der Waals surface area contributed by atoms with Crippen LogP contribution in [-0.4, -0.2) is 11.6 Å². The molecule has 0 aliphatic rings. The molecular formula is C20H14Cl2N2O2. The summed E-state index contributed by atoms with van der Waals surface area (Å²) in [6, 6.07) is 13.8. The first-order valence-electron chi connectivity index (χ1n) is 7.82. The molecule has 0 unspecified atom stereocenters. The van der Waals surface area contributed by atoms with E-state index < -0.39 is 0 Å². The molecule has 3 rings (SSSR count). The molecule has 0 atom stereocenters. The highest BCUT2D eigenvalue weighted by Gasteiger charge is 2.11. The largest absolute Gasteiger partial charge is 0.491 e. The van der Waals surface area contributed by atoms with Crippen LogP contribution in [0.2, 0.25) is 10.0 Å². The number of hydrogen-bond donors (Lipinski definition) is 0. The summed E-state index contributed by atoms with van der Waals surface area (Å²) in [5.74, 6) is 1.37. The zero-order chi connectivity index (χ0) is 18.4. The molecule has 0 fully saturated rings. The van der Waals surface area contributed by atoms with Crippen LogP contribution in [0.1, 0.15) is 5.56 Å². The van der Waals surface area contributed by atoms with Crippen molar-refractivity contribution in [3.63, 3.8) is 0 Å². The van der Waals surface area contributed by atoms with Crippen molar-refractivity contribution in [2.24, 2.45) is 0 Å². The molecule has 4 nitrogen and oxygen atoms in total. The summed E-state index contributed by atoms with van der Waals surface area (Å²) in [4.78, 5) is 7.43. The average Bonchev–Trinajstić information content (AvgIpc) is 2.66. The highest BCUT2D eigenvalue weighted by Crippen LogP contribution is 2.38. The lowest BCUT2D eigenvalue weighted by Gasteiger charge is -2.14. The van der Waals surface area contributed by atoms with Crippen LogP contribution in [0.15, 0.2) is 60.9 Å². The van der Waals surface area contributed by atoms with Gasteiger partial charge in [0.1, 0.15) is 5.75 Å². The van der Waals surface area contributed by atoms with Gasteiger partial charge in [-0.2, -0.15) is 0 Å². The Morgan fingerprint density at radius 3 is 2.50 bits per heavy atom. The third-order valence-electron chi connectivity index (χ3n) is 3.57. The standard InChI is InChI=1S/C20H14Cl2N2O2/c1-23-16-3-5-18(26-19-12-15(21)2-4-17(19)22)20(13-16)25-11-8-14-6-9-24-10-7-14/h2-7,9-10,12-13H,8,11H2. The number of ether oxygens (including phenoxy) is 2. The minimum Gasteiger partial charge on any atom is -0.491 e. The molecule has 0 bridgehead atoms. The Morgan fingerprint density at radius 2 is 1.73 bits per heavy atom. The lowest BCUT2D eigenvalue weighted by atomic mass is 10.2. The summed E-state index contributed by atoms with van der Waals surface area (Å²) in [5.41, 5.74) is 1.58. The van der Waals surface area contributed by atoms with Gasteiger partial charge in [-0.1, -0.05) is 29.3 Å². The van der Waals surface area contributed by atoms with E-state index in [1.807, 2.05) is 12.1 Å². The zero-order valence-electron chi connectivity index (χ0n) is 13.7. The third kappa shape index (κ3) is 4.66. The molecule has 0 saturated carbocycles. The van der Waals surface area contributed by atoms with Crippen LogP contribution in [0.3, 0.4) is 0 Å². The molecule has 1 heterocycles. The van der Waals surface area contributed by atoms with Crippen molar-refractivity contribution < 1.29 is 9.47 Å². The first-order valence-corrected chi connectivity index (χ1v) is 8.57. The van der Waals surface area contributed by atoms with E-state index in [0.717, 1.165) is 5.56 Å². The molecular weight excluding hydrogens is 371 g/mol. The molecule has 0 aliphatic carbocycles. The van der Waals surface area contributed by atoms with E-state index in [4.69, 9.17) is 39.2 Å². The molecule has 6 heteroatoms. The number of nitrogens with zero attached hydrogens (tertiary/aromatic N) is 2. The van der Waals surface area contributed by atoms with Crippen molar-refractivity contribution in [3.05, 3.63) is 88.0 Å². The van der Waals surface area contributed by atoms with Gasteiger partial charge in [-0.3, -0.25) is 4.98 Å². The van der Waals surface area contributed by atoms with Gasteiger partial charge in [0, 0.05) is 29.9 Å². The predicted octanol–water partition coefficient (Wildman–Crippen LogP) is 6.35. The number of pyridine rings is 1. The van der Waals surface area contributed by atoms with E-state index in [0.29, 0.717) is 46.0 Å². The maximum Gasteiger partial charge on any atom is 0.191 e. The second kappa shape index (κ2) is 8.57. The Bertz CT molecular complexity index is 940. The first-order chi connectivity index (χ1) is 12.7. The number of benzene rings is 2. The van der Waals surface area contributed by atoms with Gasteiger partial charge >= 0.3 is 0 Å². The van der Waals surface area contributed by atoms with Crippen molar-refractivity contribution in [1.29, 1.82) is 0 Å². The second-order valence-electron chi connectivity index (χ2n) is 5.37. The van der Waals surface area contributed by atoms with Crippen LogP contribution < -0.4 is 9.47 Å². The molecule has 0 amide bonds. The quantitative estimate of drug-likeness (QED) is 0.464. The summed E-state index contributed by atoms with van der Waals surface area (Å²) < 4.78 is 11.7. The van der Waals surface area contributed by atoms with E-state index in [1.54, 1.807) is 48.8 Å². The Kier molecular flexibility index (Phi) is 5.96. The smallest absolute Gasteiger partial charge is 0.191 e. The number of rotatable bonds is 6. The van der Waals surface area contributed by atoms with Gasteiger partial charge in [-0.25, -0.2) is 4.85 Å². The fourth-order valence-corrected chi connectivity index (χ4v) is 2.58. The fraction of sp³-hybridized carbons (Fsp3) is 0.100. The first kappa shape index (κ1) is 18.1. The Balaban J connectivity index is 1.79. The van der Waals surface area contributed by atoms with Crippen LogP contribution in [0.25, 0.3) is 4.85 Å². The molecule has 2 aromatic carbocycles. The minimum absolute atomic E-state index is 0.425. The lowest BCUT2D eigenvalue weighted by Crippen LogP contribution is -2.02. The van der Waals surface area contributed by atoms with Gasteiger partial charge in [0.15, 0.2) is 17.2 Å². The summed E-state index contributed by atoms with van der Waals surface area (Å²) in [7, 11) is 0. The van der Waals surface area contributed by atoms with Crippen molar-refractivity contribution in [2.45, 2.75) is 6.42 Å². The summed E-state index contributed by atoms with van der Waals surface area (Å²) in [6.07, 6.45) is 4.19. The molecule has 3 aromatic rings. The van der Waals surface area contributed by atoms with Gasteiger partial charge in [-0.15, -0.1) is 0 Å². The van der Waals surface area contributed by atoms with E-state index >= 15 is 0 Å². The topological polar surface area (TPSA) is 35.7 Å². The van der Waals surface area contributed by atoms with Crippen molar-refractivity contribution >= 4 is 28.9 Å². The van der Waals surface area contributed by atoms with Crippen LogP contribution in [0.5, 0.6) is 17.2 Å². The zero-order valence-corrected chi connectivity index (χ0v) is 15.2. The second-order valence-corrected chi connectivity index (χ2v) is 6.22. The van der Waals surface area contributed by atoms with Crippen LogP contribution in [0, 0.1) is 6.57 Å². The Morgan fingerprint density at radius 1 is 0.923 bits per heavy atom. The van der Waals surface area contributed by atoms with E-state index in [-0.39, 0.29) is 0 Å². The van der Waals surface area contributed by atoms with Gasteiger partial charge in [0.05, 0.1) is 18.2 Å². The SMILES string of the molecule is [C-]#[N+]c1ccc(Oc2cc(Cl)ccc2Cl)c(OCCc2ccncc2)c1. The van der Waals surface area contributed by atoms with Gasteiger partial charge in [0.2, 0.25) is 0 Å². The summed E-state index contributed by atoms with van der Waals surface area (Å²) >= 11 is 12.2. The minimum atomic E-state index is 0.425. The molecule has 0 saturated heterocycles. The van der Waals surface area contributed by atoms with Crippen LogP contribution in [-0.2, 0) is 6.42 Å². The summed E-state index contributed by atoms with van der Waals surface area (Å²) in [6.45, 7) is 7.62. The Labute approximate surface area is 161 Å². The maximum absolute atomic E-state index is 7.19. The van der Waals surface area contributed by atoms with E-state index in [9.17, 15) is 0 Å². The van der Waals surface area contributed by atoms with Crippen molar-refractivity contribution in [3.8, 4) is 17.2 Å². The molecule has 130 valence electrons. The normalized spacial score (nSPS) is 10.2. The van der Waals surface area contributed by atoms with Gasteiger partial charge < -0.3 is 9.47 Å². The molecule has 1 aromatic heterocycles. The van der Waals surface area contributed by atoms with Crippen molar-refractivity contribution in [1.82, 2.24) is 4.98 Å². The third-order valence-corrected chi connectivity index (χ3v) is 4.11. The number of hydrogen-bond acceptors (Lipinski definition) is 3. The highest BCUT2D eigenvalue weighted by atomic mass is 35.5. The van der Waals surface area contributed by atoms with Gasteiger partial charge in [-0.05, 0) is 42.0 Å². The monoisotopic (exact) mass is 384 g/mol. The van der Waals surface area contributed by atoms with E-state index in [2.05, 4.69) is 9.83 Å². The molecule has 0 aliphatic heterocycles. The fourth-order valence-electron chi connectivity index (χ4n) is 2.27. The molecule has 26 heavy (non-hydrogen) atoms. The van der Waals surface area contributed by atoms with Crippen LogP contribution in [0.4, 0.5) is 5.69 Å². The lowest BCUT2D eigenvalue weighted by molar-refractivity contribution is 0.306. The van der Waals surface area contributed by atoms with Crippen molar-refractivity contribution in [2.75, 3.05) is 6.61 Å². The summed E-state index contributed by atoms with van der Waals surface area (Å²) in [5, 5.41) is 0.953. The van der Waals surface area contributed by atoms with Crippen LogP contribution >= 0.6 is 23.2 Å². The molecule has 0 N–H and O–H groups in total. The van der Waals surface area contributed by atoms with Gasteiger partial charge in [0.25, 0.3) is 0 Å². The maximum atomic E-state index is 7.19. The molecule has 0 radical (unpaired) electrons. The average molecular weight is 385 g/mol. The number of halogens is 2. The molecule has 0 spiro atoms. The predicted molar refractivity (Wildman–Crippen MR) is 103 cm³/mol. The Hall–Kier alpha value is -2.74.